The zero-order valence-electron chi connectivity index (χ0n) is 19.3. The van der Waals surface area contributed by atoms with E-state index in [9.17, 15) is 4.79 Å². The molecule has 6 nitrogen and oxygen atoms in total. The molecule has 0 bridgehead atoms. The highest BCUT2D eigenvalue weighted by atomic mass is 32.2. The van der Waals surface area contributed by atoms with Crippen LogP contribution in [0.5, 0.6) is 5.75 Å². The van der Waals surface area contributed by atoms with Crippen LogP contribution in [0.3, 0.4) is 0 Å². The molecule has 32 heavy (non-hydrogen) atoms. The van der Waals surface area contributed by atoms with Gasteiger partial charge in [0.25, 0.3) is 5.91 Å². The van der Waals surface area contributed by atoms with Gasteiger partial charge in [-0.1, -0.05) is 23.8 Å². The van der Waals surface area contributed by atoms with E-state index in [1.165, 1.54) is 12.8 Å². The standard InChI is InChI=1S/C25H33N3O3S/c1-17-10-11-18(2)22(13-17)25(29)27-15-23(30-4)24(16-27)31-21-9-5-8-20(14-21)26-32-28-12-6-7-19(28)3/h5,8-11,13-14,19,23-24,26H,6-7,12,15-16H2,1-4H3. The molecule has 1 amide bonds. The molecule has 7 heteroatoms. The third-order valence-electron chi connectivity index (χ3n) is 6.32. The fraction of sp³-hybridized carbons (Fsp3) is 0.480. The van der Waals surface area contributed by atoms with Crippen LogP contribution in [0.25, 0.3) is 0 Å². The first-order valence-electron chi connectivity index (χ1n) is 11.3. The van der Waals surface area contributed by atoms with E-state index in [1.54, 1.807) is 19.2 Å². The Balaban J connectivity index is 1.40. The third kappa shape index (κ3) is 5.22. The Kier molecular flexibility index (Phi) is 7.28. The second-order valence-electron chi connectivity index (χ2n) is 8.81. The Bertz CT molecular complexity index is 954. The van der Waals surface area contributed by atoms with Gasteiger partial charge in [-0.2, -0.15) is 0 Å². The van der Waals surface area contributed by atoms with Crippen molar-refractivity contribution in [2.45, 2.75) is 51.9 Å². The number of likely N-dealkylation sites (tertiary alicyclic amines) is 1. The minimum atomic E-state index is -0.212. The summed E-state index contributed by atoms with van der Waals surface area (Å²) in [4.78, 5) is 15.0. The number of rotatable bonds is 7. The van der Waals surface area contributed by atoms with Crippen LogP contribution in [0, 0.1) is 13.8 Å². The quantitative estimate of drug-likeness (QED) is 0.612. The van der Waals surface area contributed by atoms with Crippen LogP contribution in [0.4, 0.5) is 5.69 Å². The molecular weight excluding hydrogens is 422 g/mol. The molecule has 3 atom stereocenters. The minimum absolute atomic E-state index is 0.0332. The van der Waals surface area contributed by atoms with Gasteiger partial charge in [0.05, 0.1) is 13.1 Å². The summed E-state index contributed by atoms with van der Waals surface area (Å²) < 4.78 is 17.8. The van der Waals surface area contributed by atoms with Gasteiger partial charge in [0.15, 0.2) is 0 Å². The van der Waals surface area contributed by atoms with E-state index in [-0.39, 0.29) is 18.1 Å². The first-order chi connectivity index (χ1) is 15.4. The lowest BCUT2D eigenvalue weighted by molar-refractivity contribution is 0.0340. The number of hydrogen-bond acceptors (Lipinski definition) is 6. The summed E-state index contributed by atoms with van der Waals surface area (Å²) in [6.45, 7) is 8.38. The van der Waals surface area contributed by atoms with Crippen LogP contribution in [0.15, 0.2) is 42.5 Å². The van der Waals surface area contributed by atoms with Crippen molar-refractivity contribution in [3.63, 3.8) is 0 Å². The number of nitrogens with zero attached hydrogens (tertiary/aromatic N) is 2. The van der Waals surface area contributed by atoms with Gasteiger partial charge < -0.3 is 19.1 Å². The molecule has 2 aliphatic heterocycles. The van der Waals surface area contributed by atoms with Crippen LogP contribution in [0.1, 0.15) is 41.3 Å². The number of amides is 1. The third-order valence-corrected chi connectivity index (χ3v) is 7.43. The number of carbonyl (C=O) groups is 1. The highest BCUT2D eigenvalue weighted by molar-refractivity contribution is 7.98. The number of carbonyl (C=O) groups excluding carboxylic acids is 1. The maximum Gasteiger partial charge on any atom is 0.254 e. The molecule has 0 aromatic heterocycles. The van der Waals surface area contributed by atoms with E-state index in [2.05, 4.69) is 16.0 Å². The second kappa shape index (κ2) is 10.1. The van der Waals surface area contributed by atoms with Crippen molar-refractivity contribution in [3.8, 4) is 5.75 Å². The van der Waals surface area contributed by atoms with Crippen molar-refractivity contribution >= 4 is 23.7 Å². The number of ether oxygens (including phenoxy) is 2. The fourth-order valence-corrected chi connectivity index (χ4v) is 5.20. The minimum Gasteiger partial charge on any atom is -0.486 e. The Labute approximate surface area is 195 Å². The lowest BCUT2D eigenvalue weighted by Crippen LogP contribution is -2.32. The zero-order valence-corrected chi connectivity index (χ0v) is 20.2. The molecule has 2 fully saturated rings. The SMILES string of the molecule is COC1CN(C(=O)c2cc(C)ccc2C)CC1Oc1cccc(NSN2CCCC2C)c1. The van der Waals surface area contributed by atoms with Gasteiger partial charge in [-0.3, -0.25) is 4.79 Å². The van der Waals surface area contributed by atoms with Crippen molar-refractivity contribution in [2.75, 3.05) is 31.5 Å². The van der Waals surface area contributed by atoms with Crippen molar-refractivity contribution in [1.82, 2.24) is 9.21 Å². The number of anilines is 1. The van der Waals surface area contributed by atoms with Gasteiger partial charge >= 0.3 is 0 Å². The van der Waals surface area contributed by atoms with Crippen LogP contribution in [0.2, 0.25) is 0 Å². The Hall–Kier alpha value is -2.22. The van der Waals surface area contributed by atoms with Crippen LogP contribution in [-0.4, -0.2) is 60.1 Å². The van der Waals surface area contributed by atoms with Gasteiger partial charge in [-0.15, -0.1) is 0 Å². The average Bonchev–Trinajstić information content (AvgIpc) is 3.39. The van der Waals surface area contributed by atoms with Crippen LogP contribution in [-0.2, 0) is 4.74 Å². The van der Waals surface area contributed by atoms with Crippen molar-refractivity contribution in [1.29, 1.82) is 0 Å². The Morgan fingerprint density at radius 3 is 2.69 bits per heavy atom. The largest absolute Gasteiger partial charge is 0.486 e. The Morgan fingerprint density at radius 2 is 1.94 bits per heavy atom. The molecule has 172 valence electrons. The molecular formula is C25H33N3O3S. The summed E-state index contributed by atoms with van der Waals surface area (Å²) in [5.74, 6) is 0.809. The predicted octanol–water partition coefficient (Wildman–Crippen LogP) is 4.68. The van der Waals surface area contributed by atoms with Crippen molar-refractivity contribution in [2.24, 2.45) is 0 Å². The summed E-state index contributed by atoms with van der Waals surface area (Å²) in [6, 6.07) is 14.6. The van der Waals surface area contributed by atoms with Gasteiger partial charge in [-0.25, -0.2) is 4.31 Å². The number of aryl methyl sites for hydroxylation is 2. The van der Waals surface area contributed by atoms with Crippen molar-refractivity contribution in [3.05, 3.63) is 59.2 Å². The number of hydrogen-bond donors (Lipinski definition) is 1. The first kappa shape index (κ1) is 23.0. The average molecular weight is 456 g/mol. The second-order valence-corrected chi connectivity index (χ2v) is 9.67. The van der Waals surface area contributed by atoms with E-state index < -0.39 is 0 Å². The van der Waals surface area contributed by atoms with Gasteiger partial charge in [0.1, 0.15) is 18.0 Å². The topological polar surface area (TPSA) is 54.0 Å². The smallest absolute Gasteiger partial charge is 0.254 e. The van der Waals surface area contributed by atoms with Crippen LogP contribution < -0.4 is 9.46 Å². The monoisotopic (exact) mass is 455 g/mol. The van der Waals surface area contributed by atoms with E-state index in [1.807, 2.05) is 61.2 Å². The molecule has 2 aliphatic rings. The predicted molar refractivity (Wildman–Crippen MR) is 130 cm³/mol. The van der Waals surface area contributed by atoms with E-state index in [0.29, 0.717) is 19.1 Å². The number of nitrogens with one attached hydrogen (secondary N) is 1. The normalized spacial score (nSPS) is 23.5. The molecule has 3 unspecified atom stereocenters. The summed E-state index contributed by atoms with van der Waals surface area (Å²) in [6.07, 6.45) is 2.11. The molecule has 0 radical (unpaired) electrons. The summed E-state index contributed by atoms with van der Waals surface area (Å²) in [5.41, 5.74) is 3.82. The molecule has 0 aliphatic carbocycles. The fourth-order valence-electron chi connectivity index (χ4n) is 4.35. The lowest BCUT2D eigenvalue weighted by Gasteiger charge is -2.21. The molecule has 0 saturated carbocycles. The van der Waals surface area contributed by atoms with Gasteiger partial charge in [-0.05, 0) is 57.4 Å². The van der Waals surface area contributed by atoms with E-state index in [0.717, 1.165) is 34.7 Å². The molecule has 2 heterocycles. The summed E-state index contributed by atoms with van der Waals surface area (Å²) in [7, 11) is 1.68. The highest BCUT2D eigenvalue weighted by Crippen LogP contribution is 2.29. The zero-order chi connectivity index (χ0) is 22.7. The number of methoxy groups -OCH3 is 1. The molecule has 2 aromatic rings. The summed E-state index contributed by atoms with van der Waals surface area (Å²) in [5, 5.41) is 0. The van der Waals surface area contributed by atoms with E-state index >= 15 is 0 Å². The molecule has 2 aromatic carbocycles. The van der Waals surface area contributed by atoms with Crippen LogP contribution >= 0.6 is 12.1 Å². The van der Waals surface area contributed by atoms with Gasteiger partial charge in [0.2, 0.25) is 0 Å². The van der Waals surface area contributed by atoms with Gasteiger partial charge in [0, 0.05) is 49.1 Å². The lowest BCUT2D eigenvalue weighted by atomic mass is 10.0. The molecule has 2 saturated heterocycles. The van der Waals surface area contributed by atoms with Crippen molar-refractivity contribution < 1.29 is 14.3 Å². The molecule has 1 N–H and O–H groups in total. The first-order valence-corrected chi connectivity index (χ1v) is 12.1. The Morgan fingerprint density at radius 1 is 1.12 bits per heavy atom. The maximum atomic E-state index is 13.2. The molecule has 0 spiro atoms. The summed E-state index contributed by atoms with van der Waals surface area (Å²) >= 11 is 1.66. The number of benzene rings is 2. The highest BCUT2D eigenvalue weighted by Gasteiger charge is 2.37. The molecule has 4 rings (SSSR count). The van der Waals surface area contributed by atoms with E-state index in [4.69, 9.17) is 9.47 Å². The maximum absolute atomic E-state index is 13.2.